The number of halogens is 1. The van der Waals surface area contributed by atoms with Crippen LogP contribution in [0, 0.1) is 5.92 Å². The Morgan fingerprint density at radius 3 is 2.33 bits per heavy atom. The Bertz CT molecular complexity index is 646. The van der Waals surface area contributed by atoms with Crippen LogP contribution in [0.2, 0.25) is 0 Å². The zero-order valence-corrected chi connectivity index (χ0v) is 14.3. The third kappa shape index (κ3) is 4.98. The molecule has 0 heterocycles. The Kier molecular flexibility index (Phi) is 6.64. The van der Waals surface area contributed by atoms with Crippen molar-refractivity contribution in [3.05, 3.63) is 60.2 Å². The van der Waals surface area contributed by atoms with Crippen LogP contribution in [-0.2, 0) is 11.3 Å². The average Bonchev–Trinajstić information content (AvgIpc) is 3.01. The lowest BCUT2D eigenvalue weighted by Crippen LogP contribution is -2.29. The molecule has 2 unspecified atom stereocenters. The minimum absolute atomic E-state index is 0. The van der Waals surface area contributed by atoms with Gasteiger partial charge in [0.2, 0.25) is 5.91 Å². The fourth-order valence-electron chi connectivity index (χ4n) is 2.89. The normalized spacial score (nSPS) is 19.4. The van der Waals surface area contributed by atoms with E-state index in [9.17, 15) is 4.79 Å². The summed E-state index contributed by atoms with van der Waals surface area (Å²) in [5, 5.41) is 3.00. The molecule has 0 aliphatic heterocycles. The van der Waals surface area contributed by atoms with Crippen LogP contribution in [0.3, 0.4) is 0 Å². The molecule has 1 fully saturated rings. The quantitative estimate of drug-likeness (QED) is 0.868. The van der Waals surface area contributed by atoms with Crippen molar-refractivity contribution in [1.82, 2.24) is 5.32 Å². The summed E-state index contributed by atoms with van der Waals surface area (Å²) in [4.78, 5) is 12.1. The minimum Gasteiger partial charge on any atom is -0.457 e. The predicted octanol–water partition coefficient (Wildman–Crippen LogP) is 3.64. The van der Waals surface area contributed by atoms with Gasteiger partial charge in [0.05, 0.1) is 0 Å². The van der Waals surface area contributed by atoms with Crippen LogP contribution < -0.4 is 15.8 Å². The molecule has 5 heteroatoms. The molecule has 1 amide bonds. The van der Waals surface area contributed by atoms with Crippen molar-refractivity contribution in [2.24, 2.45) is 11.7 Å². The molecule has 3 N–H and O–H groups in total. The smallest absolute Gasteiger partial charge is 0.223 e. The molecule has 24 heavy (non-hydrogen) atoms. The van der Waals surface area contributed by atoms with Crippen molar-refractivity contribution >= 4 is 18.3 Å². The van der Waals surface area contributed by atoms with Crippen molar-refractivity contribution in [1.29, 1.82) is 0 Å². The largest absolute Gasteiger partial charge is 0.457 e. The number of ether oxygens (including phenoxy) is 1. The lowest BCUT2D eigenvalue weighted by Gasteiger charge is -2.11. The van der Waals surface area contributed by atoms with Crippen LogP contribution in [0.1, 0.15) is 24.8 Å². The average molecular weight is 347 g/mol. The number of carbonyl (C=O) groups excluding carboxylic acids is 1. The Labute approximate surface area is 148 Å². The molecule has 2 aromatic carbocycles. The van der Waals surface area contributed by atoms with Crippen LogP contribution in [-0.4, -0.2) is 11.9 Å². The summed E-state index contributed by atoms with van der Waals surface area (Å²) < 4.78 is 5.75. The van der Waals surface area contributed by atoms with Crippen LogP contribution in [0.15, 0.2) is 54.6 Å². The van der Waals surface area contributed by atoms with E-state index in [-0.39, 0.29) is 30.3 Å². The number of amides is 1. The molecule has 1 aliphatic carbocycles. The summed E-state index contributed by atoms with van der Waals surface area (Å²) in [7, 11) is 0. The van der Waals surface area contributed by atoms with Gasteiger partial charge >= 0.3 is 0 Å². The first kappa shape index (κ1) is 18.3. The third-order valence-corrected chi connectivity index (χ3v) is 4.21. The molecule has 2 atom stereocenters. The van der Waals surface area contributed by atoms with Gasteiger partial charge < -0.3 is 15.8 Å². The van der Waals surface area contributed by atoms with E-state index in [1.54, 1.807) is 0 Å². The van der Waals surface area contributed by atoms with Crippen LogP contribution >= 0.6 is 12.4 Å². The second kappa shape index (κ2) is 8.71. The highest BCUT2D eigenvalue weighted by Crippen LogP contribution is 2.24. The summed E-state index contributed by atoms with van der Waals surface area (Å²) >= 11 is 0. The maximum Gasteiger partial charge on any atom is 0.223 e. The molecule has 0 saturated heterocycles. The predicted molar refractivity (Wildman–Crippen MR) is 97.4 cm³/mol. The van der Waals surface area contributed by atoms with Gasteiger partial charge in [-0.1, -0.05) is 30.3 Å². The molecule has 4 nitrogen and oxygen atoms in total. The highest BCUT2D eigenvalue weighted by Gasteiger charge is 2.27. The highest BCUT2D eigenvalue weighted by molar-refractivity contribution is 5.85. The second-order valence-corrected chi connectivity index (χ2v) is 6.05. The van der Waals surface area contributed by atoms with E-state index >= 15 is 0 Å². The first-order valence-corrected chi connectivity index (χ1v) is 8.06. The maximum absolute atomic E-state index is 12.1. The van der Waals surface area contributed by atoms with E-state index in [1.165, 1.54) is 0 Å². The van der Waals surface area contributed by atoms with E-state index in [1.807, 2.05) is 54.6 Å². The third-order valence-electron chi connectivity index (χ3n) is 4.21. The number of hydrogen-bond donors (Lipinski definition) is 2. The van der Waals surface area contributed by atoms with Gasteiger partial charge in [-0.25, -0.2) is 0 Å². The highest BCUT2D eigenvalue weighted by atomic mass is 35.5. The summed E-state index contributed by atoms with van der Waals surface area (Å²) in [6.07, 6.45) is 2.65. The molecular formula is C19H23ClN2O2. The molecule has 0 aromatic heterocycles. The fraction of sp³-hybridized carbons (Fsp3) is 0.316. The van der Waals surface area contributed by atoms with Gasteiger partial charge in [-0.2, -0.15) is 0 Å². The SMILES string of the molecule is Cl.NC1CCC(C(=O)NCc2ccc(Oc3ccccc3)cc2)C1. The summed E-state index contributed by atoms with van der Waals surface area (Å²) in [5.41, 5.74) is 6.91. The molecule has 3 rings (SSSR count). The van der Waals surface area contributed by atoms with Gasteiger partial charge in [0.25, 0.3) is 0 Å². The molecule has 2 aromatic rings. The molecule has 0 spiro atoms. The number of nitrogens with one attached hydrogen (secondary N) is 1. The standard InChI is InChI=1S/C19H22N2O2.ClH/c20-16-9-8-15(12-16)19(22)21-13-14-6-10-18(11-7-14)23-17-4-2-1-3-5-17;/h1-7,10-11,15-16H,8-9,12-13,20H2,(H,21,22);1H. The molecule has 1 saturated carbocycles. The number of carbonyl (C=O) groups is 1. The minimum atomic E-state index is 0. The van der Waals surface area contributed by atoms with Crippen molar-refractivity contribution in [3.63, 3.8) is 0 Å². The molecule has 1 aliphatic rings. The van der Waals surface area contributed by atoms with E-state index in [0.717, 1.165) is 36.3 Å². The lowest BCUT2D eigenvalue weighted by atomic mass is 10.1. The number of rotatable bonds is 5. The van der Waals surface area contributed by atoms with Gasteiger partial charge in [0.15, 0.2) is 0 Å². The summed E-state index contributed by atoms with van der Waals surface area (Å²) in [6.45, 7) is 0.538. The number of benzene rings is 2. The zero-order chi connectivity index (χ0) is 16.1. The van der Waals surface area contributed by atoms with E-state index in [2.05, 4.69) is 5.32 Å². The van der Waals surface area contributed by atoms with E-state index in [4.69, 9.17) is 10.5 Å². The Balaban J connectivity index is 0.00000208. The topological polar surface area (TPSA) is 64.4 Å². The van der Waals surface area contributed by atoms with Gasteiger partial charge in [-0.15, -0.1) is 12.4 Å². The number of nitrogens with two attached hydrogens (primary N) is 1. The zero-order valence-electron chi connectivity index (χ0n) is 13.5. The van der Waals surface area contributed by atoms with Crippen LogP contribution in [0.25, 0.3) is 0 Å². The Hall–Kier alpha value is -2.04. The maximum atomic E-state index is 12.1. The monoisotopic (exact) mass is 346 g/mol. The fourth-order valence-corrected chi connectivity index (χ4v) is 2.89. The molecular weight excluding hydrogens is 324 g/mol. The first-order chi connectivity index (χ1) is 11.2. The first-order valence-electron chi connectivity index (χ1n) is 8.06. The van der Waals surface area contributed by atoms with Crippen LogP contribution in [0.5, 0.6) is 11.5 Å². The number of hydrogen-bond acceptors (Lipinski definition) is 3. The van der Waals surface area contributed by atoms with Gasteiger partial charge in [-0.3, -0.25) is 4.79 Å². The van der Waals surface area contributed by atoms with E-state index in [0.29, 0.717) is 6.54 Å². The lowest BCUT2D eigenvalue weighted by molar-refractivity contribution is -0.125. The molecule has 0 radical (unpaired) electrons. The van der Waals surface area contributed by atoms with Gasteiger partial charge in [-0.05, 0) is 49.1 Å². The summed E-state index contributed by atoms with van der Waals surface area (Å²) in [6, 6.07) is 17.6. The molecule has 0 bridgehead atoms. The van der Waals surface area contributed by atoms with Crippen molar-refractivity contribution in [3.8, 4) is 11.5 Å². The van der Waals surface area contributed by atoms with Gasteiger partial charge in [0, 0.05) is 18.5 Å². The summed E-state index contributed by atoms with van der Waals surface area (Å²) in [5.74, 6) is 1.78. The van der Waals surface area contributed by atoms with Crippen molar-refractivity contribution < 1.29 is 9.53 Å². The van der Waals surface area contributed by atoms with Gasteiger partial charge in [0.1, 0.15) is 11.5 Å². The number of para-hydroxylation sites is 1. The molecule has 128 valence electrons. The van der Waals surface area contributed by atoms with Crippen molar-refractivity contribution in [2.75, 3.05) is 0 Å². The Morgan fingerprint density at radius 1 is 1.04 bits per heavy atom. The van der Waals surface area contributed by atoms with E-state index < -0.39 is 0 Å². The second-order valence-electron chi connectivity index (χ2n) is 6.05. The van der Waals surface area contributed by atoms with Crippen molar-refractivity contribution in [2.45, 2.75) is 31.8 Å². The van der Waals surface area contributed by atoms with Crippen LogP contribution in [0.4, 0.5) is 0 Å². The Morgan fingerprint density at radius 2 is 1.71 bits per heavy atom.